The van der Waals surface area contributed by atoms with Gasteiger partial charge in [0.15, 0.2) is 11.5 Å². The standard InChI is InChI=1S/C22H14N6OS/c29-14-8-13(10-23-11-14)12-3-4-17-16(9-12)20(28-27-17)22-25-19-15(18-2-1-7-30-18)5-6-24-21(19)26-22/h1-11,29H,(H,27,28)(H,24,25,26). The zero-order valence-corrected chi connectivity index (χ0v) is 16.3. The normalized spacial score (nSPS) is 11.5. The summed E-state index contributed by atoms with van der Waals surface area (Å²) in [6.45, 7) is 0. The minimum atomic E-state index is 0.129. The molecule has 0 saturated carbocycles. The molecule has 0 radical (unpaired) electrons. The van der Waals surface area contributed by atoms with Crippen LogP contribution in [0.3, 0.4) is 0 Å². The van der Waals surface area contributed by atoms with Gasteiger partial charge in [0, 0.05) is 33.8 Å². The Bertz CT molecular complexity index is 1520. The molecule has 8 heteroatoms. The summed E-state index contributed by atoms with van der Waals surface area (Å²) in [4.78, 5) is 17.8. The predicted octanol–water partition coefficient (Wildman–Crippen LogP) is 5.00. The number of thiophene rings is 1. The molecular weight excluding hydrogens is 396 g/mol. The van der Waals surface area contributed by atoms with Crippen LogP contribution in [0.4, 0.5) is 0 Å². The first-order valence-corrected chi connectivity index (χ1v) is 10.2. The highest BCUT2D eigenvalue weighted by atomic mass is 32.1. The highest BCUT2D eigenvalue weighted by Crippen LogP contribution is 2.34. The molecule has 0 saturated heterocycles. The Hall–Kier alpha value is -4.04. The monoisotopic (exact) mass is 410 g/mol. The van der Waals surface area contributed by atoms with E-state index in [2.05, 4.69) is 31.2 Å². The van der Waals surface area contributed by atoms with Crippen molar-refractivity contribution in [2.24, 2.45) is 0 Å². The maximum atomic E-state index is 9.76. The molecule has 5 heterocycles. The lowest BCUT2D eigenvalue weighted by atomic mass is 10.0. The van der Waals surface area contributed by atoms with Crippen molar-refractivity contribution in [2.75, 3.05) is 0 Å². The van der Waals surface area contributed by atoms with Crippen molar-refractivity contribution in [3.8, 4) is 38.8 Å². The molecule has 144 valence electrons. The van der Waals surface area contributed by atoms with Crippen LogP contribution in [0.25, 0.3) is 55.2 Å². The molecule has 0 aliphatic heterocycles. The number of aromatic nitrogens is 6. The van der Waals surface area contributed by atoms with E-state index >= 15 is 0 Å². The zero-order chi connectivity index (χ0) is 20.1. The third kappa shape index (κ3) is 2.66. The third-order valence-electron chi connectivity index (χ3n) is 5.02. The molecule has 0 unspecified atom stereocenters. The Morgan fingerprint density at radius 1 is 1.00 bits per heavy atom. The summed E-state index contributed by atoms with van der Waals surface area (Å²) >= 11 is 1.67. The molecule has 7 nitrogen and oxygen atoms in total. The van der Waals surface area contributed by atoms with Gasteiger partial charge >= 0.3 is 0 Å². The van der Waals surface area contributed by atoms with Crippen LogP contribution < -0.4 is 0 Å². The summed E-state index contributed by atoms with van der Waals surface area (Å²) in [7, 11) is 0. The number of nitrogens with zero attached hydrogens (tertiary/aromatic N) is 4. The van der Waals surface area contributed by atoms with Gasteiger partial charge in [-0.2, -0.15) is 5.10 Å². The number of aromatic amines is 2. The maximum absolute atomic E-state index is 9.76. The van der Waals surface area contributed by atoms with Crippen LogP contribution in [-0.2, 0) is 0 Å². The Morgan fingerprint density at radius 3 is 2.83 bits per heavy atom. The molecule has 30 heavy (non-hydrogen) atoms. The van der Waals surface area contributed by atoms with Crippen LogP contribution in [0.2, 0.25) is 0 Å². The van der Waals surface area contributed by atoms with Gasteiger partial charge in [-0.25, -0.2) is 9.97 Å². The molecular formula is C22H14N6OS. The fourth-order valence-electron chi connectivity index (χ4n) is 3.61. The van der Waals surface area contributed by atoms with Crippen LogP contribution in [-0.4, -0.2) is 35.2 Å². The highest BCUT2D eigenvalue weighted by molar-refractivity contribution is 7.13. The van der Waals surface area contributed by atoms with E-state index in [1.165, 1.54) is 6.20 Å². The van der Waals surface area contributed by atoms with Gasteiger partial charge in [-0.05, 0) is 41.3 Å². The molecule has 6 aromatic rings. The van der Waals surface area contributed by atoms with Crippen LogP contribution in [0, 0.1) is 0 Å². The second-order valence-corrected chi connectivity index (χ2v) is 7.83. The van der Waals surface area contributed by atoms with Gasteiger partial charge in [-0.3, -0.25) is 10.1 Å². The van der Waals surface area contributed by atoms with E-state index < -0.39 is 0 Å². The number of fused-ring (bicyclic) bond motifs is 2. The van der Waals surface area contributed by atoms with Crippen molar-refractivity contribution in [1.29, 1.82) is 0 Å². The number of hydrogen-bond donors (Lipinski definition) is 3. The summed E-state index contributed by atoms with van der Waals surface area (Å²) < 4.78 is 0. The maximum Gasteiger partial charge on any atom is 0.160 e. The van der Waals surface area contributed by atoms with Crippen LogP contribution in [0.15, 0.2) is 66.4 Å². The lowest BCUT2D eigenvalue weighted by molar-refractivity contribution is 0.473. The molecule has 0 bridgehead atoms. The summed E-state index contributed by atoms with van der Waals surface area (Å²) in [5.41, 5.74) is 5.96. The first-order chi connectivity index (χ1) is 14.8. The van der Waals surface area contributed by atoms with Gasteiger partial charge in [0.25, 0.3) is 0 Å². The van der Waals surface area contributed by atoms with E-state index in [4.69, 9.17) is 4.98 Å². The second-order valence-electron chi connectivity index (χ2n) is 6.88. The van der Waals surface area contributed by atoms with Crippen molar-refractivity contribution in [1.82, 2.24) is 30.1 Å². The molecule has 0 atom stereocenters. The van der Waals surface area contributed by atoms with E-state index in [1.54, 1.807) is 29.8 Å². The van der Waals surface area contributed by atoms with Crippen molar-refractivity contribution < 1.29 is 5.11 Å². The molecule has 0 fully saturated rings. The van der Waals surface area contributed by atoms with Crippen LogP contribution in [0.1, 0.15) is 0 Å². The number of rotatable bonds is 3. The largest absolute Gasteiger partial charge is 0.506 e. The van der Waals surface area contributed by atoms with Crippen molar-refractivity contribution >= 4 is 33.4 Å². The Balaban J connectivity index is 1.52. The molecule has 1 aromatic carbocycles. The number of H-pyrrole nitrogens is 2. The Labute approximate surface area is 174 Å². The van der Waals surface area contributed by atoms with E-state index in [-0.39, 0.29) is 5.75 Å². The van der Waals surface area contributed by atoms with E-state index in [0.29, 0.717) is 5.82 Å². The fourth-order valence-corrected chi connectivity index (χ4v) is 4.37. The lowest BCUT2D eigenvalue weighted by Gasteiger charge is -2.02. The average molecular weight is 410 g/mol. The SMILES string of the molecule is Oc1cncc(-c2ccc3[nH]nc(-c4nc5c(-c6cccs6)ccnc5[nH]4)c3c2)c1. The molecule has 5 aromatic heterocycles. The summed E-state index contributed by atoms with van der Waals surface area (Å²) in [6, 6.07) is 13.7. The van der Waals surface area contributed by atoms with Gasteiger partial charge in [-0.15, -0.1) is 11.3 Å². The number of pyridine rings is 2. The van der Waals surface area contributed by atoms with E-state index in [1.807, 2.05) is 35.7 Å². The number of hydrogen-bond acceptors (Lipinski definition) is 6. The van der Waals surface area contributed by atoms with Crippen LogP contribution in [0.5, 0.6) is 5.75 Å². The number of aromatic hydroxyl groups is 1. The topological polar surface area (TPSA) is 103 Å². The summed E-state index contributed by atoms with van der Waals surface area (Å²) in [5.74, 6) is 0.781. The number of imidazole rings is 1. The summed E-state index contributed by atoms with van der Waals surface area (Å²) in [6.07, 6.45) is 4.92. The second kappa shape index (κ2) is 6.50. The molecule has 0 aliphatic rings. The van der Waals surface area contributed by atoms with Crippen molar-refractivity contribution in [2.45, 2.75) is 0 Å². The molecule has 0 amide bonds. The lowest BCUT2D eigenvalue weighted by Crippen LogP contribution is -1.83. The highest BCUT2D eigenvalue weighted by Gasteiger charge is 2.16. The van der Waals surface area contributed by atoms with Gasteiger partial charge in [0.1, 0.15) is 17.0 Å². The van der Waals surface area contributed by atoms with Crippen molar-refractivity contribution in [3.05, 3.63) is 66.4 Å². The Morgan fingerprint density at radius 2 is 1.97 bits per heavy atom. The molecule has 0 aliphatic carbocycles. The molecule has 0 spiro atoms. The first-order valence-electron chi connectivity index (χ1n) is 9.28. The number of benzene rings is 1. The Kier molecular flexibility index (Phi) is 3.65. The fraction of sp³-hybridized carbons (Fsp3) is 0. The van der Waals surface area contributed by atoms with Crippen molar-refractivity contribution in [3.63, 3.8) is 0 Å². The quantitative estimate of drug-likeness (QED) is 0.381. The van der Waals surface area contributed by atoms with Gasteiger partial charge in [0.2, 0.25) is 0 Å². The third-order valence-corrected chi connectivity index (χ3v) is 5.92. The minimum Gasteiger partial charge on any atom is -0.506 e. The van der Waals surface area contributed by atoms with Gasteiger partial charge in [0.05, 0.1) is 11.7 Å². The smallest absolute Gasteiger partial charge is 0.160 e. The minimum absolute atomic E-state index is 0.129. The van der Waals surface area contributed by atoms with Gasteiger partial charge in [-0.1, -0.05) is 12.1 Å². The molecule has 6 rings (SSSR count). The zero-order valence-electron chi connectivity index (χ0n) is 15.5. The molecule has 3 N–H and O–H groups in total. The van der Waals surface area contributed by atoms with E-state index in [0.717, 1.165) is 49.3 Å². The predicted molar refractivity (Wildman–Crippen MR) is 117 cm³/mol. The first kappa shape index (κ1) is 16.9. The number of nitrogens with one attached hydrogen (secondary N) is 2. The van der Waals surface area contributed by atoms with Gasteiger partial charge < -0.3 is 10.1 Å². The summed E-state index contributed by atoms with van der Waals surface area (Å²) in [5, 5.41) is 20.3. The average Bonchev–Trinajstić information content (AvgIpc) is 3.51. The van der Waals surface area contributed by atoms with Crippen LogP contribution >= 0.6 is 11.3 Å². The van der Waals surface area contributed by atoms with E-state index in [9.17, 15) is 5.11 Å².